The third-order valence-electron chi connectivity index (χ3n) is 3.87. The van der Waals surface area contributed by atoms with Crippen LogP contribution in [0.25, 0.3) is 0 Å². The van der Waals surface area contributed by atoms with Crippen LogP contribution in [0.15, 0.2) is 0 Å². The highest BCUT2D eigenvalue weighted by molar-refractivity contribution is 4.70. The average molecular weight is 257 g/mol. The van der Waals surface area contributed by atoms with Crippen molar-refractivity contribution in [3.63, 3.8) is 0 Å². The molecule has 2 aliphatic heterocycles. The minimum atomic E-state index is -0.900. The maximum absolute atomic E-state index is 11.8. The number of piperidine rings is 1. The van der Waals surface area contributed by atoms with Crippen molar-refractivity contribution in [2.75, 3.05) is 59.6 Å². The minimum absolute atomic E-state index is 0.496. The lowest BCUT2D eigenvalue weighted by molar-refractivity contribution is -0.165. The number of nitrogens with zero attached hydrogens (tertiary/aromatic N) is 2. The predicted octanol–water partition coefficient (Wildman–Crippen LogP) is 0.434. The number of ether oxygens (including phenoxy) is 2. The quantitative estimate of drug-likeness (QED) is 0.670. The van der Waals surface area contributed by atoms with E-state index >= 15 is 0 Å². The van der Waals surface area contributed by atoms with Gasteiger partial charge in [0, 0.05) is 13.1 Å². The summed E-state index contributed by atoms with van der Waals surface area (Å²) >= 11 is 0. The van der Waals surface area contributed by atoms with Gasteiger partial charge in [0.25, 0.3) is 0 Å². The Morgan fingerprint density at radius 1 is 1.22 bits per heavy atom. The summed E-state index contributed by atoms with van der Waals surface area (Å²) in [6.07, 6.45) is 1.41. The fourth-order valence-electron chi connectivity index (χ4n) is 2.52. The highest BCUT2D eigenvalue weighted by Gasteiger charge is 2.20. The van der Waals surface area contributed by atoms with Gasteiger partial charge in [-0.05, 0) is 38.9 Å². The number of likely N-dealkylation sites (tertiary alicyclic amines) is 1. The lowest BCUT2D eigenvalue weighted by Crippen LogP contribution is -2.42. The number of morpholine rings is 1. The molecule has 1 unspecified atom stereocenters. The Bertz CT molecular complexity index is 226. The minimum Gasteiger partial charge on any atom is -0.379 e. The first kappa shape index (κ1) is 14.2. The molecule has 5 heteroatoms. The second-order valence-corrected chi connectivity index (χ2v) is 5.42. The van der Waals surface area contributed by atoms with Crippen molar-refractivity contribution in [3.05, 3.63) is 0 Å². The van der Waals surface area contributed by atoms with Crippen molar-refractivity contribution in [2.45, 2.75) is 19.1 Å². The number of hydrogen-bond donors (Lipinski definition) is 0. The van der Waals surface area contributed by atoms with Gasteiger partial charge in [-0.15, -0.1) is 0 Å². The monoisotopic (exact) mass is 257 g/mol. The molecule has 1 atom stereocenters. The molecule has 0 aromatic carbocycles. The van der Waals surface area contributed by atoms with Gasteiger partial charge in [-0.1, -0.05) is 0 Å². The van der Waals surface area contributed by atoms with Crippen molar-refractivity contribution < 1.29 is 14.6 Å². The Kier molecular flexibility index (Phi) is 5.85. The fraction of sp³-hybridized carbons (Fsp3) is 1.00. The summed E-state index contributed by atoms with van der Waals surface area (Å²) in [7, 11) is 2.14. The van der Waals surface area contributed by atoms with Gasteiger partial charge in [0.2, 0.25) is 6.29 Å². The first-order chi connectivity index (χ1) is 8.74. The van der Waals surface area contributed by atoms with Crippen LogP contribution in [0.2, 0.25) is 0 Å². The van der Waals surface area contributed by atoms with E-state index < -0.39 is 6.29 Å². The van der Waals surface area contributed by atoms with E-state index in [-0.39, 0.29) is 0 Å². The third kappa shape index (κ3) is 4.82. The van der Waals surface area contributed by atoms with Gasteiger partial charge in [0.1, 0.15) is 0 Å². The molecule has 0 aliphatic carbocycles. The molecule has 0 saturated carbocycles. The molecule has 2 saturated heterocycles. The van der Waals surface area contributed by atoms with Crippen molar-refractivity contribution in [1.82, 2.24) is 9.80 Å². The van der Waals surface area contributed by atoms with Gasteiger partial charge in [0.15, 0.2) is 0 Å². The summed E-state index contributed by atoms with van der Waals surface area (Å²) in [6.45, 7) is 6.57. The van der Waals surface area contributed by atoms with Crippen molar-refractivity contribution >= 4 is 0 Å². The second kappa shape index (κ2) is 7.40. The molecule has 0 spiro atoms. The van der Waals surface area contributed by atoms with E-state index in [1.165, 1.54) is 0 Å². The molecular formula is C13H25N2O3. The summed E-state index contributed by atoms with van der Waals surface area (Å²) in [5.74, 6) is 0.572. The Labute approximate surface area is 110 Å². The van der Waals surface area contributed by atoms with Gasteiger partial charge in [-0.3, -0.25) is 4.90 Å². The molecule has 0 aromatic heterocycles. The Morgan fingerprint density at radius 3 is 2.56 bits per heavy atom. The Morgan fingerprint density at radius 2 is 1.89 bits per heavy atom. The molecule has 0 bridgehead atoms. The third-order valence-corrected chi connectivity index (χ3v) is 3.87. The SMILES string of the molecule is CN1CCC(COC([O])CN2CCOCC2)CC1. The van der Waals surface area contributed by atoms with Crippen LogP contribution >= 0.6 is 0 Å². The zero-order valence-electron chi connectivity index (χ0n) is 11.3. The van der Waals surface area contributed by atoms with Crippen molar-refractivity contribution in [2.24, 2.45) is 5.92 Å². The van der Waals surface area contributed by atoms with E-state index in [9.17, 15) is 5.11 Å². The highest BCUT2D eigenvalue weighted by Crippen LogP contribution is 2.16. The van der Waals surface area contributed by atoms with Crippen molar-refractivity contribution in [1.29, 1.82) is 0 Å². The summed E-state index contributed by atoms with van der Waals surface area (Å²) in [4.78, 5) is 4.47. The second-order valence-electron chi connectivity index (χ2n) is 5.42. The molecule has 1 radical (unpaired) electrons. The highest BCUT2D eigenvalue weighted by atomic mass is 16.6. The van der Waals surface area contributed by atoms with Crippen LogP contribution < -0.4 is 0 Å². The lowest BCUT2D eigenvalue weighted by Gasteiger charge is -2.30. The van der Waals surface area contributed by atoms with Crippen LogP contribution in [0.1, 0.15) is 12.8 Å². The van der Waals surface area contributed by atoms with E-state index in [2.05, 4.69) is 16.8 Å². The predicted molar refractivity (Wildman–Crippen MR) is 67.9 cm³/mol. The topological polar surface area (TPSA) is 44.8 Å². The Hall–Kier alpha value is -0.200. The molecule has 2 rings (SSSR count). The maximum Gasteiger partial charge on any atom is 0.204 e. The van der Waals surface area contributed by atoms with Crippen LogP contribution in [0, 0.1) is 5.92 Å². The van der Waals surface area contributed by atoms with Crippen LogP contribution in [0.5, 0.6) is 0 Å². The fourth-order valence-corrected chi connectivity index (χ4v) is 2.52. The summed E-state index contributed by atoms with van der Waals surface area (Å²) in [6, 6.07) is 0. The van der Waals surface area contributed by atoms with Crippen LogP contribution in [0.3, 0.4) is 0 Å². The van der Waals surface area contributed by atoms with Crippen molar-refractivity contribution in [3.8, 4) is 0 Å². The first-order valence-corrected chi connectivity index (χ1v) is 7.00. The molecular weight excluding hydrogens is 232 g/mol. The van der Waals surface area contributed by atoms with E-state index in [0.717, 1.165) is 52.2 Å². The molecule has 0 aromatic rings. The first-order valence-electron chi connectivity index (χ1n) is 7.00. The zero-order chi connectivity index (χ0) is 12.8. The number of rotatable bonds is 5. The van der Waals surface area contributed by atoms with E-state index in [1.54, 1.807) is 0 Å². The van der Waals surface area contributed by atoms with Gasteiger partial charge < -0.3 is 14.4 Å². The van der Waals surface area contributed by atoms with Crippen LogP contribution in [-0.2, 0) is 14.6 Å². The molecule has 2 fully saturated rings. The van der Waals surface area contributed by atoms with Crippen LogP contribution in [0.4, 0.5) is 0 Å². The van der Waals surface area contributed by atoms with E-state index in [4.69, 9.17) is 9.47 Å². The largest absolute Gasteiger partial charge is 0.379 e. The Balaban J connectivity index is 1.57. The van der Waals surface area contributed by atoms with E-state index in [0.29, 0.717) is 19.1 Å². The van der Waals surface area contributed by atoms with Gasteiger partial charge >= 0.3 is 0 Å². The summed E-state index contributed by atoms with van der Waals surface area (Å²) in [5, 5.41) is 11.8. The normalized spacial score (nSPS) is 26.3. The van der Waals surface area contributed by atoms with E-state index in [1.807, 2.05) is 0 Å². The standard InChI is InChI=1S/C13H25N2O3/c1-14-4-2-12(3-5-14)11-18-13(16)10-15-6-8-17-9-7-15/h12-13H,2-11H2,1H3. The van der Waals surface area contributed by atoms with Gasteiger partial charge in [0.05, 0.1) is 26.4 Å². The summed E-state index contributed by atoms with van der Waals surface area (Å²) in [5.41, 5.74) is 0. The molecule has 18 heavy (non-hydrogen) atoms. The van der Waals surface area contributed by atoms with Gasteiger partial charge in [-0.2, -0.15) is 0 Å². The molecule has 0 N–H and O–H groups in total. The maximum atomic E-state index is 11.8. The molecule has 5 nitrogen and oxygen atoms in total. The molecule has 0 amide bonds. The van der Waals surface area contributed by atoms with Crippen LogP contribution in [-0.4, -0.2) is 75.7 Å². The van der Waals surface area contributed by atoms with Gasteiger partial charge in [-0.25, -0.2) is 5.11 Å². The molecule has 105 valence electrons. The number of hydrogen-bond acceptors (Lipinski definition) is 4. The lowest BCUT2D eigenvalue weighted by atomic mass is 9.98. The molecule has 2 heterocycles. The zero-order valence-corrected chi connectivity index (χ0v) is 11.3. The molecule has 2 aliphatic rings. The summed E-state index contributed by atoms with van der Waals surface area (Å²) < 4.78 is 10.7. The smallest absolute Gasteiger partial charge is 0.204 e. The average Bonchev–Trinajstić information content (AvgIpc) is 2.39.